The van der Waals surface area contributed by atoms with Gasteiger partial charge in [-0.3, -0.25) is 29.5 Å². The summed E-state index contributed by atoms with van der Waals surface area (Å²) in [6, 6.07) is 22.4. The van der Waals surface area contributed by atoms with Gasteiger partial charge in [-0.2, -0.15) is 5.01 Å². The molecule has 4 aromatic rings. The summed E-state index contributed by atoms with van der Waals surface area (Å²) < 4.78 is 26.0. The second-order valence-corrected chi connectivity index (χ2v) is 15.3. The highest BCUT2D eigenvalue weighted by Gasteiger charge is 2.70. The molecule has 0 aromatic heterocycles. The first-order valence-corrected chi connectivity index (χ1v) is 18.4. The van der Waals surface area contributed by atoms with E-state index in [0.29, 0.717) is 33.1 Å². The van der Waals surface area contributed by atoms with Gasteiger partial charge in [0.25, 0.3) is 11.8 Å². The molecule has 3 fully saturated rings. The van der Waals surface area contributed by atoms with Crippen molar-refractivity contribution < 1.29 is 38.1 Å². The minimum Gasteiger partial charge on any atom is -0.502 e. The third kappa shape index (κ3) is 5.31. The Morgan fingerprint density at radius 3 is 2.13 bits per heavy atom. The summed E-state index contributed by atoms with van der Waals surface area (Å²) in [6.45, 7) is 0. The van der Waals surface area contributed by atoms with Crippen molar-refractivity contribution in [3.63, 3.8) is 0 Å². The van der Waals surface area contributed by atoms with Gasteiger partial charge in [-0.25, -0.2) is 4.39 Å². The van der Waals surface area contributed by atoms with Gasteiger partial charge in [0.15, 0.2) is 11.5 Å². The van der Waals surface area contributed by atoms with E-state index in [-0.39, 0.29) is 41.9 Å². The SMILES string of the molecule is COc1cc([C@H]2C3=CC[C@@H]4C(=O)N(c5ccc(I)cc5)C(=O)[C@@H]4[C@@H]3C[C@H]3C(=O)N(Nc4ccc(F)cc4)C(=O)[C@@]23c2ccc(Cl)cc2)cc(OC)c1O. The number of nitrogens with zero attached hydrogens (tertiary/aromatic N) is 2. The summed E-state index contributed by atoms with van der Waals surface area (Å²) in [6.07, 6.45) is 2.24. The summed E-state index contributed by atoms with van der Waals surface area (Å²) >= 11 is 8.54. The van der Waals surface area contributed by atoms with Crippen molar-refractivity contribution in [1.29, 1.82) is 0 Å². The number of hydrogen-bond acceptors (Lipinski definition) is 8. The van der Waals surface area contributed by atoms with E-state index >= 15 is 4.79 Å². The number of ether oxygens (including phenoxy) is 2. The van der Waals surface area contributed by atoms with Crippen LogP contribution in [0.15, 0.2) is 96.6 Å². The first kappa shape index (κ1) is 35.1. The fourth-order valence-corrected chi connectivity index (χ4v) is 9.44. The predicted molar refractivity (Wildman–Crippen MR) is 202 cm³/mol. The summed E-state index contributed by atoms with van der Waals surface area (Å²) in [5.74, 6) is -6.47. The monoisotopic (exact) mass is 847 g/mol. The molecule has 270 valence electrons. The molecule has 2 saturated heterocycles. The number of hydrazine groups is 1. The molecular formula is C40H32ClFIN3O7. The number of carbonyl (C=O) groups is 4. The van der Waals surface area contributed by atoms with Crippen molar-refractivity contribution in [2.45, 2.75) is 24.2 Å². The molecule has 1 saturated carbocycles. The van der Waals surface area contributed by atoms with Gasteiger partial charge in [0.1, 0.15) is 5.82 Å². The lowest BCUT2D eigenvalue weighted by molar-refractivity contribution is -0.138. The molecule has 8 rings (SSSR count). The maximum Gasteiger partial charge on any atom is 0.260 e. The minimum atomic E-state index is -1.61. The number of rotatable bonds is 7. The Morgan fingerprint density at radius 1 is 0.868 bits per heavy atom. The zero-order valence-electron chi connectivity index (χ0n) is 28.4. The van der Waals surface area contributed by atoms with Crippen LogP contribution in [-0.2, 0) is 24.6 Å². The van der Waals surface area contributed by atoms with Gasteiger partial charge in [-0.15, -0.1) is 0 Å². The number of methoxy groups -OCH3 is 2. The van der Waals surface area contributed by atoms with E-state index in [0.717, 1.165) is 8.58 Å². The van der Waals surface area contributed by atoms with Gasteiger partial charge in [-0.1, -0.05) is 35.4 Å². The molecule has 0 spiro atoms. The van der Waals surface area contributed by atoms with E-state index in [4.69, 9.17) is 21.1 Å². The van der Waals surface area contributed by atoms with Crippen LogP contribution < -0.4 is 19.8 Å². The average molecular weight is 848 g/mol. The largest absolute Gasteiger partial charge is 0.502 e. The molecule has 2 aliphatic carbocycles. The summed E-state index contributed by atoms with van der Waals surface area (Å²) in [5, 5.41) is 12.4. The number of nitrogens with one attached hydrogen (secondary N) is 1. The van der Waals surface area contributed by atoms with Gasteiger partial charge >= 0.3 is 0 Å². The molecule has 53 heavy (non-hydrogen) atoms. The normalized spacial score (nSPS) is 26.2. The Kier molecular flexibility index (Phi) is 8.72. The molecule has 13 heteroatoms. The van der Waals surface area contributed by atoms with Gasteiger partial charge in [-0.05, 0) is 125 Å². The second-order valence-electron chi connectivity index (χ2n) is 13.6. The fraction of sp³-hybridized carbons (Fsp3) is 0.250. The van der Waals surface area contributed by atoms with Crippen LogP contribution in [0.1, 0.15) is 29.9 Å². The molecule has 0 unspecified atom stereocenters. The molecule has 6 atom stereocenters. The third-order valence-corrected chi connectivity index (χ3v) is 12.1. The summed E-state index contributed by atoms with van der Waals surface area (Å²) in [7, 11) is 2.79. The van der Waals surface area contributed by atoms with E-state index < -0.39 is 52.6 Å². The van der Waals surface area contributed by atoms with Crippen LogP contribution in [0.4, 0.5) is 15.8 Å². The molecule has 2 N–H and O–H groups in total. The van der Waals surface area contributed by atoms with Crippen molar-refractivity contribution in [2.24, 2.45) is 23.7 Å². The Morgan fingerprint density at radius 2 is 1.51 bits per heavy atom. The van der Waals surface area contributed by atoms with Crippen LogP contribution in [-0.4, -0.2) is 48.0 Å². The van der Waals surface area contributed by atoms with Crippen molar-refractivity contribution in [1.82, 2.24) is 5.01 Å². The number of carbonyl (C=O) groups excluding carboxylic acids is 4. The topological polar surface area (TPSA) is 125 Å². The highest BCUT2D eigenvalue weighted by atomic mass is 127. The molecule has 0 radical (unpaired) electrons. The van der Waals surface area contributed by atoms with E-state index in [2.05, 4.69) is 28.0 Å². The molecule has 0 bridgehead atoms. The van der Waals surface area contributed by atoms with Gasteiger partial charge in [0.05, 0.1) is 48.8 Å². The standard InChI is InChI=1S/C40H32ClFIN3O7/c1-52-31-17-20(18-32(53-2)35(31)47)34-27-15-16-28-33(38(50)45(36(28)48)26-13-9-24(43)10-14-26)29(27)19-30-37(49)46(44-25-11-7-23(42)8-12-25)39(51)40(30,34)21-3-5-22(41)6-4-21/h3-15,17-18,28-30,33-34,44,47H,16,19H2,1-2H3/t28-,29+,30-,33-,34-,40+/m0/s1. The summed E-state index contributed by atoms with van der Waals surface area (Å²) in [4.78, 5) is 60.0. The summed E-state index contributed by atoms with van der Waals surface area (Å²) in [5.41, 5.74) is 3.80. The number of fused-ring (bicyclic) bond motifs is 4. The fourth-order valence-electron chi connectivity index (χ4n) is 8.96. The van der Waals surface area contributed by atoms with Crippen molar-refractivity contribution in [3.05, 3.63) is 122 Å². The van der Waals surface area contributed by atoms with Crippen LogP contribution in [0, 0.1) is 33.1 Å². The number of anilines is 2. The Labute approximate surface area is 322 Å². The maximum atomic E-state index is 15.3. The smallest absolute Gasteiger partial charge is 0.260 e. The number of aromatic hydroxyl groups is 1. The Bertz CT molecular complexity index is 2190. The van der Waals surface area contributed by atoms with Crippen molar-refractivity contribution in [2.75, 3.05) is 24.5 Å². The number of phenolic OH excluding ortho intramolecular Hbond substituents is 1. The molecule has 4 amide bonds. The average Bonchev–Trinajstić information content (AvgIpc) is 3.54. The lowest BCUT2D eigenvalue weighted by atomic mass is 9.49. The lowest BCUT2D eigenvalue weighted by Gasteiger charge is -2.50. The van der Waals surface area contributed by atoms with Crippen LogP contribution >= 0.6 is 34.2 Å². The number of halogens is 3. The molecule has 10 nitrogen and oxygen atoms in total. The number of benzene rings is 4. The Hall–Kier alpha value is -4.95. The highest BCUT2D eigenvalue weighted by molar-refractivity contribution is 14.1. The van der Waals surface area contributed by atoms with Gasteiger partial charge < -0.3 is 14.6 Å². The number of imide groups is 2. The lowest BCUT2D eigenvalue weighted by Crippen LogP contribution is -2.53. The minimum absolute atomic E-state index is 0.0736. The maximum absolute atomic E-state index is 15.3. The molecule has 4 aromatic carbocycles. The van der Waals surface area contributed by atoms with Crippen molar-refractivity contribution in [3.8, 4) is 17.2 Å². The number of hydrogen-bond donors (Lipinski definition) is 2. The van der Waals surface area contributed by atoms with Gasteiger partial charge in [0, 0.05) is 14.5 Å². The van der Waals surface area contributed by atoms with Crippen LogP contribution in [0.3, 0.4) is 0 Å². The number of allylic oxidation sites excluding steroid dienone is 2. The van der Waals surface area contributed by atoms with E-state index in [1.165, 1.54) is 43.4 Å². The van der Waals surface area contributed by atoms with Crippen molar-refractivity contribution >= 4 is 69.2 Å². The van der Waals surface area contributed by atoms with E-state index in [1.54, 1.807) is 48.5 Å². The Balaban J connectivity index is 1.35. The first-order valence-electron chi connectivity index (χ1n) is 16.9. The zero-order valence-corrected chi connectivity index (χ0v) is 31.3. The van der Waals surface area contributed by atoms with E-state index in [9.17, 15) is 23.9 Å². The van der Waals surface area contributed by atoms with Gasteiger partial charge in [0.2, 0.25) is 17.6 Å². The second kappa shape index (κ2) is 13.2. The first-order chi connectivity index (χ1) is 25.5. The number of phenols is 1. The zero-order chi connectivity index (χ0) is 37.3. The number of amides is 4. The van der Waals surface area contributed by atoms with Crippen LogP contribution in [0.5, 0.6) is 17.2 Å². The molecule has 2 aliphatic heterocycles. The highest BCUT2D eigenvalue weighted by Crippen LogP contribution is 2.65. The quantitative estimate of drug-likeness (QED) is 0.116. The molecular weight excluding hydrogens is 816 g/mol. The molecule has 4 aliphatic rings. The third-order valence-electron chi connectivity index (χ3n) is 11.2. The molecule has 2 heterocycles. The predicted octanol–water partition coefficient (Wildman–Crippen LogP) is 7.00. The van der Waals surface area contributed by atoms with Crippen LogP contribution in [0.25, 0.3) is 0 Å². The van der Waals surface area contributed by atoms with E-state index in [1.807, 2.05) is 18.2 Å². The van der Waals surface area contributed by atoms with Crippen LogP contribution in [0.2, 0.25) is 5.02 Å².